The van der Waals surface area contributed by atoms with Gasteiger partial charge in [-0.05, 0) is 22.0 Å². The zero-order valence-corrected chi connectivity index (χ0v) is 11.0. The Morgan fingerprint density at radius 3 is 2.72 bits per heavy atom. The molecule has 2 rings (SSSR count). The van der Waals surface area contributed by atoms with Crippen LogP contribution in [0.15, 0.2) is 23.1 Å². The first-order chi connectivity index (χ1) is 8.45. The van der Waals surface area contributed by atoms with Crippen molar-refractivity contribution in [3.8, 4) is 6.01 Å². The van der Waals surface area contributed by atoms with Crippen molar-refractivity contribution in [3.63, 3.8) is 0 Å². The monoisotopic (exact) mass is 339 g/mol. The van der Waals surface area contributed by atoms with Gasteiger partial charge in [-0.15, -0.1) is 11.3 Å². The van der Waals surface area contributed by atoms with Gasteiger partial charge in [0, 0.05) is 6.20 Å². The lowest BCUT2D eigenvalue weighted by Crippen LogP contribution is -2.00. The van der Waals surface area contributed by atoms with Gasteiger partial charge in [-0.25, -0.2) is 9.97 Å². The molecule has 0 aromatic carbocycles. The fraction of sp³-hybridized carbons (Fsp3) is 0.222. The maximum Gasteiger partial charge on any atom is 0.427 e. The highest BCUT2D eigenvalue weighted by Gasteiger charge is 2.33. The second-order valence-electron chi connectivity index (χ2n) is 3.07. The highest BCUT2D eigenvalue weighted by molar-refractivity contribution is 9.10. The molecule has 0 aliphatic carbocycles. The van der Waals surface area contributed by atoms with Crippen LogP contribution in [-0.4, -0.2) is 15.0 Å². The molecule has 0 fully saturated rings. The van der Waals surface area contributed by atoms with Crippen molar-refractivity contribution in [3.05, 3.63) is 32.9 Å². The van der Waals surface area contributed by atoms with Crippen LogP contribution in [0.2, 0.25) is 0 Å². The third-order valence-electron chi connectivity index (χ3n) is 1.76. The Morgan fingerprint density at radius 1 is 1.33 bits per heavy atom. The topological polar surface area (TPSA) is 47.9 Å². The van der Waals surface area contributed by atoms with Gasteiger partial charge in [0.15, 0.2) is 0 Å². The summed E-state index contributed by atoms with van der Waals surface area (Å²) in [5.74, 6) is 0. The summed E-state index contributed by atoms with van der Waals surface area (Å²) in [7, 11) is 0. The molecule has 18 heavy (non-hydrogen) atoms. The van der Waals surface area contributed by atoms with E-state index in [1.165, 1.54) is 6.20 Å². The third kappa shape index (κ3) is 3.39. The molecule has 0 unspecified atom stereocenters. The largest absolute Gasteiger partial charge is 0.456 e. The molecule has 0 aliphatic heterocycles. The molecule has 2 aromatic heterocycles. The quantitative estimate of drug-likeness (QED) is 0.805. The minimum Gasteiger partial charge on any atom is -0.456 e. The van der Waals surface area contributed by atoms with E-state index >= 15 is 0 Å². The maximum absolute atomic E-state index is 12.3. The summed E-state index contributed by atoms with van der Waals surface area (Å²) in [5, 5.41) is 0.214. The molecular formula is C9H5BrF3N3OS. The average molecular weight is 340 g/mol. The minimum atomic E-state index is -4.37. The number of rotatable bonds is 3. The van der Waals surface area contributed by atoms with Crippen LogP contribution >= 0.6 is 27.3 Å². The average Bonchev–Trinajstić information content (AvgIpc) is 2.74. The van der Waals surface area contributed by atoms with Crippen LogP contribution < -0.4 is 4.74 Å². The van der Waals surface area contributed by atoms with E-state index in [-0.39, 0.29) is 17.6 Å². The number of halogens is 4. The Bertz CT molecular complexity index is 546. The Morgan fingerprint density at radius 2 is 2.11 bits per heavy atom. The molecule has 2 heterocycles. The molecule has 9 heteroatoms. The molecular weight excluding hydrogens is 335 g/mol. The maximum atomic E-state index is 12.3. The van der Waals surface area contributed by atoms with E-state index in [0.717, 1.165) is 6.20 Å². The number of thiazole rings is 1. The van der Waals surface area contributed by atoms with Gasteiger partial charge >= 0.3 is 12.2 Å². The van der Waals surface area contributed by atoms with Crippen LogP contribution in [-0.2, 0) is 12.8 Å². The second kappa shape index (κ2) is 5.19. The summed E-state index contributed by atoms with van der Waals surface area (Å²) >= 11 is 3.66. The summed E-state index contributed by atoms with van der Waals surface area (Å²) < 4.78 is 42.6. The van der Waals surface area contributed by atoms with E-state index in [2.05, 4.69) is 30.9 Å². The van der Waals surface area contributed by atoms with Gasteiger partial charge in [-0.2, -0.15) is 18.2 Å². The van der Waals surface area contributed by atoms with Gasteiger partial charge in [-0.3, -0.25) is 0 Å². The molecule has 96 valence electrons. The Kier molecular flexibility index (Phi) is 3.81. The van der Waals surface area contributed by atoms with Crippen molar-refractivity contribution >= 4 is 27.3 Å². The lowest BCUT2D eigenvalue weighted by atomic mass is 10.5. The lowest BCUT2D eigenvalue weighted by molar-refractivity contribution is -0.134. The molecule has 4 nitrogen and oxygen atoms in total. The SMILES string of the molecule is FC(F)(F)c1cnc(COc2nccc(Br)n2)s1. The van der Waals surface area contributed by atoms with Gasteiger partial charge < -0.3 is 4.74 Å². The van der Waals surface area contributed by atoms with Gasteiger partial charge in [0.2, 0.25) is 0 Å². The Hall–Kier alpha value is -1.22. The number of hydrogen-bond acceptors (Lipinski definition) is 5. The van der Waals surface area contributed by atoms with Crippen LogP contribution in [0.3, 0.4) is 0 Å². The van der Waals surface area contributed by atoms with Gasteiger partial charge in [-0.1, -0.05) is 0 Å². The van der Waals surface area contributed by atoms with Crippen molar-refractivity contribution in [2.45, 2.75) is 12.8 Å². The highest BCUT2D eigenvalue weighted by atomic mass is 79.9. The summed E-state index contributed by atoms with van der Waals surface area (Å²) in [6.45, 7) is -0.1000. The lowest BCUT2D eigenvalue weighted by Gasteiger charge is -2.01. The van der Waals surface area contributed by atoms with Gasteiger partial charge in [0.05, 0.1) is 6.20 Å². The molecule has 0 saturated carbocycles. The minimum absolute atomic E-state index is 0.0770. The number of ether oxygens (including phenoxy) is 1. The normalized spacial score (nSPS) is 11.6. The van der Waals surface area contributed by atoms with Gasteiger partial charge in [0.1, 0.15) is 21.1 Å². The van der Waals surface area contributed by atoms with E-state index in [1.54, 1.807) is 6.07 Å². The van der Waals surface area contributed by atoms with Crippen molar-refractivity contribution in [1.29, 1.82) is 0 Å². The number of hydrogen-bond donors (Lipinski definition) is 0. The van der Waals surface area contributed by atoms with Gasteiger partial charge in [0.25, 0.3) is 0 Å². The first kappa shape index (κ1) is 13.2. The number of aromatic nitrogens is 3. The summed E-state index contributed by atoms with van der Waals surface area (Å²) in [6.07, 6.45) is -2.12. The predicted molar refractivity (Wildman–Crippen MR) is 61.2 cm³/mol. The van der Waals surface area contributed by atoms with Crippen molar-refractivity contribution in [2.24, 2.45) is 0 Å². The standard InChI is InChI=1S/C9H5BrF3N3OS/c10-6-1-2-14-8(16-6)17-4-7-15-3-5(18-7)9(11,12)13/h1-3H,4H2. The molecule has 0 aliphatic rings. The Balaban J connectivity index is 2.01. The van der Waals surface area contributed by atoms with Crippen molar-refractivity contribution in [1.82, 2.24) is 15.0 Å². The molecule has 0 atom stereocenters. The predicted octanol–water partition coefficient (Wildman–Crippen LogP) is 3.29. The smallest absolute Gasteiger partial charge is 0.427 e. The van der Waals surface area contributed by atoms with Crippen LogP contribution in [0.5, 0.6) is 6.01 Å². The van der Waals surface area contributed by atoms with Crippen LogP contribution in [0.25, 0.3) is 0 Å². The zero-order chi connectivity index (χ0) is 13.2. The van der Waals surface area contributed by atoms with E-state index < -0.39 is 11.1 Å². The highest BCUT2D eigenvalue weighted by Crippen LogP contribution is 2.33. The fourth-order valence-corrected chi connectivity index (χ4v) is 1.99. The molecule has 0 N–H and O–H groups in total. The number of alkyl halides is 3. The summed E-state index contributed by atoms with van der Waals surface area (Å²) in [4.78, 5) is 10.6. The zero-order valence-electron chi connectivity index (χ0n) is 8.61. The van der Waals surface area contributed by atoms with E-state index in [1.807, 2.05) is 0 Å². The van der Waals surface area contributed by atoms with Crippen LogP contribution in [0.4, 0.5) is 13.2 Å². The third-order valence-corrected chi connectivity index (χ3v) is 3.21. The molecule has 0 spiro atoms. The first-order valence-electron chi connectivity index (χ1n) is 4.58. The summed E-state index contributed by atoms with van der Waals surface area (Å²) in [6, 6.07) is 1.69. The fourth-order valence-electron chi connectivity index (χ4n) is 1.02. The summed E-state index contributed by atoms with van der Waals surface area (Å²) in [5.41, 5.74) is 0. The van der Waals surface area contributed by atoms with Crippen molar-refractivity contribution in [2.75, 3.05) is 0 Å². The number of nitrogens with zero attached hydrogens (tertiary/aromatic N) is 3. The molecule has 0 saturated heterocycles. The van der Waals surface area contributed by atoms with E-state index in [4.69, 9.17) is 4.74 Å². The first-order valence-corrected chi connectivity index (χ1v) is 6.19. The molecule has 0 amide bonds. The molecule has 2 aromatic rings. The van der Waals surface area contributed by atoms with Crippen LogP contribution in [0, 0.1) is 0 Å². The van der Waals surface area contributed by atoms with E-state index in [9.17, 15) is 13.2 Å². The van der Waals surface area contributed by atoms with Crippen LogP contribution in [0.1, 0.15) is 9.88 Å². The van der Waals surface area contributed by atoms with Crippen molar-refractivity contribution < 1.29 is 17.9 Å². The molecule has 0 bridgehead atoms. The Labute approximate surface area is 112 Å². The second-order valence-corrected chi connectivity index (χ2v) is 4.99. The molecule has 0 radical (unpaired) electrons. The van der Waals surface area contributed by atoms with E-state index in [0.29, 0.717) is 15.9 Å².